The van der Waals surface area contributed by atoms with Crippen LogP contribution in [0.4, 0.5) is 11.4 Å². The summed E-state index contributed by atoms with van der Waals surface area (Å²) >= 11 is 0. The predicted molar refractivity (Wildman–Crippen MR) is 98.1 cm³/mol. The van der Waals surface area contributed by atoms with Gasteiger partial charge in [-0.1, -0.05) is 24.3 Å². The number of hydrogen-bond donors (Lipinski definition) is 3. The molecule has 0 saturated heterocycles. The van der Waals surface area contributed by atoms with Crippen LogP contribution in [0.1, 0.15) is 11.5 Å². The van der Waals surface area contributed by atoms with E-state index in [2.05, 4.69) is 10.2 Å². The van der Waals surface area contributed by atoms with Crippen LogP contribution in [0.2, 0.25) is 0 Å². The van der Waals surface area contributed by atoms with Gasteiger partial charge in [0.25, 0.3) is 5.56 Å². The fraction of sp³-hybridized carbons (Fsp3) is 0.0526. The summed E-state index contributed by atoms with van der Waals surface area (Å²) < 4.78 is 5.67. The molecule has 0 radical (unpaired) electrons. The van der Waals surface area contributed by atoms with Crippen LogP contribution in [-0.2, 0) is 6.42 Å². The molecular formula is C19H16N4O2. The van der Waals surface area contributed by atoms with Crippen molar-refractivity contribution in [3.05, 3.63) is 76.6 Å². The lowest BCUT2D eigenvalue weighted by Gasteiger charge is -2.03. The molecule has 124 valence electrons. The number of hydrogen-bond acceptors (Lipinski definition) is 5. The van der Waals surface area contributed by atoms with Gasteiger partial charge in [0.2, 0.25) is 0 Å². The van der Waals surface area contributed by atoms with Crippen molar-refractivity contribution in [2.75, 3.05) is 11.5 Å². The molecule has 4 rings (SSSR count). The second-order valence-electron chi connectivity index (χ2n) is 5.87. The monoisotopic (exact) mass is 332 g/mol. The third-order valence-electron chi connectivity index (χ3n) is 4.19. The number of fused-ring (bicyclic) bond motifs is 1. The van der Waals surface area contributed by atoms with Gasteiger partial charge in [-0.2, -0.15) is 5.10 Å². The smallest absolute Gasteiger partial charge is 0.272 e. The topological polar surface area (TPSA) is 111 Å². The summed E-state index contributed by atoms with van der Waals surface area (Å²) in [4.78, 5) is 11.9. The van der Waals surface area contributed by atoms with Crippen LogP contribution in [0, 0.1) is 0 Å². The van der Waals surface area contributed by atoms with E-state index in [-0.39, 0.29) is 5.56 Å². The van der Waals surface area contributed by atoms with Crippen molar-refractivity contribution >= 4 is 22.1 Å². The number of H-pyrrole nitrogens is 1. The van der Waals surface area contributed by atoms with Gasteiger partial charge < -0.3 is 15.9 Å². The minimum absolute atomic E-state index is 0.197. The number of nitrogens with one attached hydrogen (secondary N) is 1. The molecule has 0 unspecified atom stereocenters. The van der Waals surface area contributed by atoms with Crippen molar-refractivity contribution in [1.29, 1.82) is 0 Å². The van der Waals surface area contributed by atoms with Crippen LogP contribution in [0.3, 0.4) is 0 Å². The quantitative estimate of drug-likeness (QED) is 0.500. The van der Waals surface area contributed by atoms with Gasteiger partial charge in [-0.3, -0.25) is 4.79 Å². The summed E-state index contributed by atoms with van der Waals surface area (Å²) in [5.74, 6) is 0.745. The van der Waals surface area contributed by atoms with Gasteiger partial charge in [-0.15, -0.1) is 0 Å². The SMILES string of the molecule is Nc1ccc(-c2coc(Cc3n[nH]c(=O)c4ccccc34)c2)cc1N. The Morgan fingerprint density at radius 3 is 2.56 bits per heavy atom. The molecular weight excluding hydrogens is 316 g/mol. The van der Waals surface area contributed by atoms with E-state index in [1.807, 2.05) is 36.4 Å². The van der Waals surface area contributed by atoms with Crippen molar-refractivity contribution in [1.82, 2.24) is 10.2 Å². The normalized spacial score (nSPS) is 11.0. The Kier molecular flexibility index (Phi) is 3.50. The second-order valence-corrected chi connectivity index (χ2v) is 5.87. The molecule has 4 aromatic rings. The van der Waals surface area contributed by atoms with Crippen molar-refractivity contribution in [3.8, 4) is 11.1 Å². The lowest BCUT2D eigenvalue weighted by molar-refractivity contribution is 0.519. The third kappa shape index (κ3) is 2.74. The molecule has 0 saturated carbocycles. The van der Waals surface area contributed by atoms with Gasteiger partial charge in [0, 0.05) is 10.9 Å². The summed E-state index contributed by atoms with van der Waals surface area (Å²) in [6.45, 7) is 0. The van der Waals surface area contributed by atoms with E-state index in [0.29, 0.717) is 23.2 Å². The Morgan fingerprint density at radius 1 is 0.960 bits per heavy atom. The molecule has 6 heteroatoms. The van der Waals surface area contributed by atoms with Crippen LogP contribution in [0.15, 0.2) is 64.0 Å². The van der Waals surface area contributed by atoms with Gasteiger partial charge >= 0.3 is 0 Å². The Balaban J connectivity index is 1.69. The molecule has 0 aliphatic carbocycles. The van der Waals surface area contributed by atoms with Gasteiger partial charge in [0.1, 0.15) is 5.76 Å². The third-order valence-corrected chi connectivity index (χ3v) is 4.19. The van der Waals surface area contributed by atoms with Crippen LogP contribution >= 0.6 is 0 Å². The minimum Gasteiger partial charge on any atom is -0.468 e. The first-order chi connectivity index (χ1) is 12.1. The van der Waals surface area contributed by atoms with E-state index in [1.54, 1.807) is 18.4 Å². The zero-order valence-corrected chi connectivity index (χ0v) is 13.3. The van der Waals surface area contributed by atoms with Gasteiger partial charge in [0.05, 0.1) is 35.1 Å². The van der Waals surface area contributed by atoms with Crippen LogP contribution in [0.5, 0.6) is 0 Å². The molecule has 0 aliphatic rings. The fourth-order valence-electron chi connectivity index (χ4n) is 2.85. The average molecular weight is 332 g/mol. The maximum Gasteiger partial charge on any atom is 0.272 e. The first kappa shape index (κ1) is 15.0. The zero-order chi connectivity index (χ0) is 17.4. The molecule has 2 heterocycles. The number of anilines is 2. The zero-order valence-electron chi connectivity index (χ0n) is 13.3. The van der Waals surface area contributed by atoms with Crippen molar-refractivity contribution < 1.29 is 4.42 Å². The summed E-state index contributed by atoms with van der Waals surface area (Å²) in [7, 11) is 0. The van der Waals surface area contributed by atoms with Crippen molar-refractivity contribution in [2.24, 2.45) is 0 Å². The Morgan fingerprint density at radius 2 is 1.76 bits per heavy atom. The Labute approximate surface area is 143 Å². The fourth-order valence-corrected chi connectivity index (χ4v) is 2.85. The summed E-state index contributed by atoms with van der Waals surface area (Å²) in [5, 5.41) is 8.15. The van der Waals surface area contributed by atoms with E-state index in [1.165, 1.54) is 0 Å². The van der Waals surface area contributed by atoms with E-state index in [4.69, 9.17) is 15.9 Å². The van der Waals surface area contributed by atoms with E-state index < -0.39 is 0 Å². The lowest BCUT2D eigenvalue weighted by Crippen LogP contribution is -2.11. The highest BCUT2D eigenvalue weighted by molar-refractivity contribution is 5.83. The van der Waals surface area contributed by atoms with Gasteiger partial charge in [-0.25, -0.2) is 5.10 Å². The molecule has 6 nitrogen and oxygen atoms in total. The maximum atomic E-state index is 11.9. The molecule has 0 spiro atoms. The number of rotatable bonds is 3. The van der Waals surface area contributed by atoms with Crippen LogP contribution in [-0.4, -0.2) is 10.2 Å². The van der Waals surface area contributed by atoms with E-state index in [9.17, 15) is 4.79 Å². The molecule has 0 atom stereocenters. The first-order valence-electron chi connectivity index (χ1n) is 7.81. The predicted octanol–water partition coefficient (Wildman–Crippen LogP) is 2.94. The molecule has 5 N–H and O–H groups in total. The summed E-state index contributed by atoms with van der Waals surface area (Å²) in [6.07, 6.45) is 2.15. The van der Waals surface area contributed by atoms with Gasteiger partial charge in [0.15, 0.2) is 0 Å². The van der Waals surface area contributed by atoms with Crippen LogP contribution in [0.25, 0.3) is 21.9 Å². The van der Waals surface area contributed by atoms with E-state index >= 15 is 0 Å². The van der Waals surface area contributed by atoms with Gasteiger partial charge in [-0.05, 0) is 29.8 Å². The minimum atomic E-state index is -0.197. The highest BCUT2D eigenvalue weighted by Gasteiger charge is 2.11. The second kappa shape index (κ2) is 5.83. The molecule has 25 heavy (non-hydrogen) atoms. The Hall–Kier alpha value is -3.54. The number of nitrogen functional groups attached to an aromatic ring is 2. The number of nitrogens with zero attached hydrogens (tertiary/aromatic N) is 1. The molecule has 0 bridgehead atoms. The maximum absolute atomic E-state index is 11.9. The number of benzene rings is 2. The van der Waals surface area contributed by atoms with Crippen molar-refractivity contribution in [2.45, 2.75) is 6.42 Å². The standard InChI is InChI=1S/C19H16N4O2/c20-16-6-5-11(8-17(16)21)12-7-13(25-10-12)9-18-14-3-1-2-4-15(14)19(24)23-22-18/h1-8,10H,9,20-21H2,(H,23,24). The highest BCUT2D eigenvalue weighted by atomic mass is 16.3. The average Bonchev–Trinajstić information content (AvgIpc) is 3.09. The summed E-state index contributed by atoms with van der Waals surface area (Å²) in [6, 6.07) is 14.8. The number of nitrogens with two attached hydrogens (primary N) is 2. The van der Waals surface area contributed by atoms with E-state index in [0.717, 1.165) is 28.0 Å². The molecule has 0 amide bonds. The van der Waals surface area contributed by atoms with Crippen LogP contribution < -0.4 is 17.0 Å². The molecule has 0 fully saturated rings. The Bertz CT molecular complexity index is 1130. The highest BCUT2D eigenvalue weighted by Crippen LogP contribution is 2.28. The lowest BCUT2D eigenvalue weighted by atomic mass is 10.1. The number of aromatic amines is 1. The largest absolute Gasteiger partial charge is 0.468 e. The number of furan rings is 1. The van der Waals surface area contributed by atoms with Crippen molar-refractivity contribution in [3.63, 3.8) is 0 Å². The molecule has 0 aliphatic heterocycles. The molecule has 2 aromatic heterocycles. The number of aromatic nitrogens is 2. The first-order valence-corrected chi connectivity index (χ1v) is 7.81. The summed E-state index contributed by atoms with van der Waals surface area (Å²) in [5.41, 5.74) is 15.1. The molecule has 2 aromatic carbocycles.